The third-order valence-corrected chi connectivity index (χ3v) is 3.03. The third kappa shape index (κ3) is 2.72. The molecule has 2 rings (SSSR count). The molecule has 2 atom stereocenters. The largest absolute Gasteiger partial charge is 0.337 e. The van der Waals surface area contributed by atoms with Crippen molar-refractivity contribution < 1.29 is 9.78 Å². The summed E-state index contributed by atoms with van der Waals surface area (Å²) in [5.74, 6) is 1.52. The molecular formula is C13H18O2. The molecule has 0 aromatic heterocycles. The first-order chi connectivity index (χ1) is 7.18. The van der Waals surface area contributed by atoms with Gasteiger partial charge in [0.25, 0.3) is 0 Å². The van der Waals surface area contributed by atoms with Crippen LogP contribution in [-0.4, -0.2) is 5.60 Å². The van der Waals surface area contributed by atoms with Gasteiger partial charge in [-0.25, -0.2) is 0 Å². The van der Waals surface area contributed by atoms with E-state index in [1.165, 1.54) is 6.42 Å². The molecule has 0 spiro atoms. The van der Waals surface area contributed by atoms with Crippen molar-refractivity contribution in [2.24, 2.45) is 5.92 Å². The molecule has 0 amide bonds. The highest BCUT2D eigenvalue weighted by Crippen LogP contribution is 2.37. The van der Waals surface area contributed by atoms with Crippen molar-refractivity contribution in [2.45, 2.75) is 38.7 Å². The molecule has 15 heavy (non-hydrogen) atoms. The van der Waals surface area contributed by atoms with E-state index in [9.17, 15) is 0 Å². The summed E-state index contributed by atoms with van der Waals surface area (Å²) in [6, 6.07) is 9.66. The lowest BCUT2D eigenvalue weighted by Crippen LogP contribution is -2.26. The molecule has 0 saturated heterocycles. The lowest BCUT2D eigenvalue weighted by Gasteiger charge is -2.22. The molecule has 1 aliphatic rings. The topological polar surface area (TPSA) is 18.5 Å². The fourth-order valence-corrected chi connectivity index (χ4v) is 2.19. The summed E-state index contributed by atoms with van der Waals surface area (Å²) in [5.41, 5.74) is -0.102. The Morgan fingerprint density at radius 2 is 2.00 bits per heavy atom. The van der Waals surface area contributed by atoms with Crippen LogP contribution in [0.25, 0.3) is 0 Å². The molecule has 0 heterocycles. The van der Waals surface area contributed by atoms with Crippen LogP contribution in [0.15, 0.2) is 30.3 Å². The van der Waals surface area contributed by atoms with Gasteiger partial charge in [-0.05, 0) is 44.2 Å². The Bertz CT molecular complexity index is 310. The quantitative estimate of drug-likeness (QED) is 0.556. The molecule has 2 nitrogen and oxygen atoms in total. The molecule has 0 radical (unpaired) electrons. The van der Waals surface area contributed by atoms with Crippen molar-refractivity contribution in [3.8, 4) is 5.75 Å². The second kappa shape index (κ2) is 4.23. The molecule has 0 N–H and O–H groups in total. The van der Waals surface area contributed by atoms with Crippen molar-refractivity contribution in [1.29, 1.82) is 0 Å². The van der Waals surface area contributed by atoms with Crippen molar-refractivity contribution in [3.05, 3.63) is 30.3 Å². The smallest absolute Gasteiger partial charge is 0.165 e. The maximum absolute atomic E-state index is 5.55. The molecule has 0 bridgehead atoms. The van der Waals surface area contributed by atoms with E-state index in [1.54, 1.807) is 0 Å². The summed E-state index contributed by atoms with van der Waals surface area (Å²) in [6.07, 6.45) is 3.40. The lowest BCUT2D eigenvalue weighted by atomic mass is 10.0. The number of hydrogen-bond acceptors (Lipinski definition) is 2. The summed E-state index contributed by atoms with van der Waals surface area (Å²) in [5, 5.41) is 0. The van der Waals surface area contributed by atoms with Crippen LogP contribution in [0.1, 0.15) is 33.1 Å². The average Bonchev–Trinajstić information content (AvgIpc) is 2.58. The second-order valence-corrected chi connectivity index (χ2v) is 4.78. The Hall–Kier alpha value is -1.02. The molecule has 2 heteroatoms. The summed E-state index contributed by atoms with van der Waals surface area (Å²) >= 11 is 0. The fraction of sp³-hybridized carbons (Fsp3) is 0.538. The minimum absolute atomic E-state index is 0.102. The molecule has 2 unspecified atom stereocenters. The Balaban J connectivity index is 1.88. The van der Waals surface area contributed by atoms with Crippen molar-refractivity contribution in [2.75, 3.05) is 0 Å². The number of hydrogen-bond donors (Lipinski definition) is 0. The standard InChI is InChI=1S/C13H18O2/c1-11-8-9-13(2,10-11)15-14-12-6-4-3-5-7-12/h3-7,11H,8-10H2,1-2H3. The van der Waals surface area contributed by atoms with Gasteiger partial charge in [0.2, 0.25) is 0 Å². The van der Waals surface area contributed by atoms with Crippen LogP contribution in [0.3, 0.4) is 0 Å². The summed E-state index contributed by atoms with van der Waals surface area (Å²) < 4.78 is 0. The first-order valence-corrected chi connectivity index (χ1v) is 5.59. The van der Waals surface area contributed by atoms with E-state index >= 15 is 0 Å². The number of benzene rings is 1. The fourth-order valence-electron chi connectivity index (χ4n) is 2.19. The monoisotopic (exact) mass is 206 g/mol. The Morgan fingerprint density at radius 3 is 2.60 bits per heavy atom. The van der Waals surface area contributed by atoms with Gasteiger partial charge in [0.05, 0.1) is 0 Å². The second-order valence-electron chi connectivity index (χ2n) is 4.78. The van der Waals surface area contributed by atoms with Crippen molar-refractivity contribution in [1.82, 2.24) is 0 Å². The summed E-state index contributed by atoms with van der Waals surface area (Å²) in [4.78, 5) is 10.9. The molecule has 1 aliphatic carbocycles. The zero-order chi connectivity index (χ0) is 10.7. The third-order valence-electron chi connectivity index (χ3n) is 3.03. The van der Waals surface area contributed by atoms with Gasteiger partial charge in [0, 0.05) is 0 Å². The van der Waals surface area contributed by atoms with Gasteiger partial charge in [0.15, 0.2) is 5.75 Å². The van der Waals surface area contributed by atoms with E-state index in [0.717, 1.165) is 24.5 Å². The van der Waals surface area contributed by atoms with Crippen molar-refractivity contribution in [3.63, 3.8) is 0 Å². The van der Waals surface area contributed by atoms with Crippen LogP contribution in [0.2, 0.25) is 0 Å². The molecule has 1 saturated carbocycles. The first-order valence-electron chi connectivity index (χ1n) is 5.59. The average molecular weight is 206 g/mol. The molecule has 1 aromatic rings. The SMILES string of the molecule is CC1CCC(C)(OOc2ccccc2)C1. The van der Waals surface area contributed by atoms with E-state index in [0.29, 0.717) is 0 Å². The molecule has 1 aromatic carbocycles. The van der Waals surface area contributed by atoms with Gasteiger partial charge < -0.3 is 4.89 Å². The van der Waals surface area contributed by atoms with Crippen molar-refractivity contribution >= 4 is 0 Å². The van der Waals surface area contributed by atoms with E-state index < -0.39 is 0 Å². The van der Waals surface area contributed by atoms with Gasteiger partial charge in [-0.3, -0.25) is 0 Å². The number of rotatable bonds is 3. The van der Waals surface area contributed by atoms with Gasteiger partial charge in [-0.15, -0.1) is 0 Å². The van der Waals surface area contributed by atoms with Crippen LogP contribution < -0.4 is 4.89 Å². The minimum Gasteiger partial charge on any atom is -0.337 e. The zero-order valence-corrected chi connectivity index (χ0v) is 9.40. The zero-order valence-electron chi connectivity index (χ0n) is 9.40. The molecule has 1 fully saturated rings. The maximum atomic E-state index is 5.55. The molecular weight excluding hydrogens is 188 g/mol. The van der Waals surface area contributed by atoms with E-state index in [2.05, 4.69) is 13.8 Å². The predicted molar refractivity (Wildman–Crippen MR) is 59.6 cm³/mol. The predicted octanol–water partition coefficient (Wildman–Crippen LogP) is 3.58. The van der Waals surface area contributed by atoms with E-state index in [1.807, 2.05) is 30.3 Å². The number of para-hydroxylation sites is 1. The van der Waals surface area contributed by atoms with Gasteiger partial charge in [-0.1, -0.05) is 25.1 Å². The highest BCUT2D eigenvalue weighted by molar-refractivity contribution is 5.20. The van der Waals surface area contributed by atoms with Crippen LogP contribution in [0, 0.1) is 5.92 Å². The van der Waals surface area contributed by atoms with Gasteiger partial charge in [-0.2, -0.15) is 4.89 Å². The van der Waals surface area contributed by atoms with E-state index in [-0.39, 0.29) is 5.60 Å². The van der Waals surface area contributed by atoms with Crippen LogP contribution in [0.4, 0.5) is 0 Å². The molecule has 82 valence electrons. The van der Waals surface area contributed by atoms with Gasteiger partial charge in [0.1, 0.15) is 5.60 Å². The summed E-state index contributed by atoms with van der Waals surface area (Å²) in [6.45, 7) is 4.39. The van der Waals surface area contributed by atoms with Gasteiger partial charge >= 0.3 is 0 Å². The highest BCUT2D eigenvalue weighted by Gasteiger charge is 2.35. The Morgan fingerprint density at radius 1 is 1.27 bits per heavy atom. The normalized spacial score (nSPS) is 30.4. The maximum Gasteiger partial charge on any atom is 0.165 e. The van der Waals surface area contributed by atoms with Crippen LogP contribution in [0.5, 0.6) is 5.75 Å². The lowest BCUT2D eigenvalue weighted by molar-refractivity contribution is -0.285. The van der Waals surface area contributed by atoms with Crippen LogP contribution in [-0.2, 0) is 4.89 Å². The minimum atomic E-state index is -0.102. The Labute approximate surface area is 91.1 Å². The van der Waals surface area contributed by atoms with Crippen LogP contribution >= 0.6 is 0 Å². The van der Waals surface area contributed by atoms with E-state index in [4.69, 9.17) is 9.78 Å². The Kier molecular flexibility index (Phi) is 2.96. The first kappa shape index (κ1) is 10.5. The summed E-state index contributed by atoms with van der Waals surface area (Å²) in [7, 11) is 0. The molecule has 0 aliphatic heterocycles. The highest BCUT2D eigenvalue weighted by atomic mass is 17.2.